The molecule has 2 aromatic heterocycles. The molecule has 0 radical (unpaired) electrons. The van der Waals surface area contributed by atoms with Gasteiger partial charge in [-0.2, -0.15) is 0 Å². The van der Waals surface area contributed by atoms with Crippen molar-refractivity contribution in [3.05, 3.63) is 42.2 Å². The minimum Gasteiger partial charge on any atom is -0.366 e. The number of anilines is 1. The van der Waals surface area contributed by atoms with E-state index in [9.17, 15) is 9.59 Å². The van der Waals surface area contributed by atoms with E-state index in [1.807, 2.05) is 0 Å². The lowest BCUT2D eigenvalue weighted by molar-refractivity contribution is -0.116. The quantitative estimate of drug-likeness (QED) is 0.706. The summed E-state index contributed by atoms with van der Waals surface area (Å²) in [7, 11) is 0. The van der Waals surface area contributed by atoms with Gasteiger partial charge in [0.25, 0.3) is 5.91 Å². The summed E-state index contributed by atoms with van der Waals surface area (Å²) < 4.78 is 0. The van der Waals surface area contributed by atoms with Crippen LogP contribution in [0.25, 0.3) is 11.4 Å². The molecule has 4 N–H and O–H groups in total. The molecule has 2 aromatic rings. The van der Waals surface area contributed by atoms with E-state index in [-0.39, 0.29) is 5.91 Å². The maximum atomic E-state index is 12.0. The van der Waals surface area contributed by atoms with E-state index in [0.717, 1.165) is 0 Å². The standard InChI is InChI=1S/C19H23N5O2/c20-19(26)15-6-3-10-22-18(15)16-8-7-14(12-23-16)24-17(25)9-11-21-13-4-1-2-5-13/h3,6-8,10,12-13,21H,1-2,4-5,9,11H2,(H2,20,26)(H,24,25). The summed E-state index contributed by atoms with van der Waals surface area (Å²) in [4.78, 5) is 32.0. The first-order valence-electron chi connectivity index (χ1n) is 8.88. The van der Waals surface area contributed by atoms with Gasteiger partial charge >= 0.3 is 0 Å². The van der Waals surface area contributed by atoms with Crippen molar-refractivity contribution in [2.45, 2.75) is 38.1 Å². The van der Waals surface area contributed by atoms with Gasteiger partial charge in [0.1, 0.15) is 5.69 Å². The average molecular weight is 353 g/mol. The van der Waals surface area contributed by atoms with E-state index < -0.39 is 5.91 Å². The molecular formula is C19H23N5O2. The SMILES string of the molecule is NC(=O)c1cccnc1-c1ccc(NC(=O)CCNC2CCCC2)cn1. The highest BCUT2D eigenvalue weighted by molar-refractivity contribution is 5.98. The third-order valence-electron chi connectivity index (χ3n) is 4.50. The molecule has 0 unspecified atom stereocenters. The largest absolute Gasteiger partial charge is 0.366 e. The molecule has 136 valence electrons. The number of nitrogens with one attached hydrogen (secondary N) is 2. The molecule has 0 aromatic carbocycles. The molecule has 3 rings (SSSR count). The van der Waals surface area contributed by atoms with Crippen LogP contribution in [0.2, 0.25) is 0 Å². The van der Waals surface area contributed by atoms with Crippen molar-refractivity contribution in [3.8, 4) is 11.4 Å². The van der Waals surface area contributed by atoms with E-state index in [0.29, 0.717) is 41.6 Å². The maximum Gasteiger partial charge on any atom is 0.250 e. The number of hydrogen-bond donors (Lipinski definition) is 3. The molecule has 2 heterocycles. The number of pyridine rings is 2. The number of primary amides is 1. The van der Waals surface area contributed by atoms with Crippen LogP contribution in [0, 0.1) is 0 Å². The Balaban J connectivity index is 1.56. The number of nitrogens with zero attached hydrogens (tertiary/aromatic N) is 2. The van der Waals surface area contributed by atoms with Crippen LogP contribution in [-0.2, 0) is 4.79 Å². The molecule has 0 spiro atoms. The Labute approximate surface area is 152 Å². The molecule has 1 fully saturated rings. The average Bonchev–Trinajstić information content (AvgIpc) is 3.16. The Morgan fingerprint density at radius 3 is 2.65 bits per heavy atom. The highest BCUT2D eigenvalue weighted by Gasteiger charge is 2.15. The molecule has 0 atom stereocenters. The Bertz CT molecular complexity index is 770. The summed E-state index contributed by atoms with van der Waals surface area (Å²) in [6.45, 7) is 0.678. The number of hydrogen-bond acceptors (Lipinski definition) is 5. The zero-order valence-electron chi connectivity index (χ0n) is 14.6. The Kier molecular flexibility index (Phi) is 5.91. The highest BCUT2D eigenvalue weighted by atomic mass is 16.2. The van der Waals surface area contributed by atoms with E-state index in [1.165, 1.54) is 25.7 Å². The van der Waals surface area contributed by atoms with Gasteiger partial charge in [-0.05, 0) is 37.1 Å². The number of carbonyl (C=O) groups is 2. The topological polar surface area (TPSA) is 110 Å². The molecular weight excluding hydrogens is 330 g/mol. The van der Waals surface area contributed by atoms with Gasteiger partial charge < -0.3 is 16.4 Å². The summed E-state index contributed by atoms with van der Waals surface area (Å²) in [6.07, 6.45) is 8.50. The Morgan fingerprint density at radius 2 is 1.96 bits per heavy atom. The first-order valence-corrected chi connectivity index (χ1v) is 8.88. The number of amides is 2. The van der Waals surface area contributed by atoms with Crippen LogP contribution in [0.1, 0.15) is 42.5 Å². The van der Waals surface area contributed by atoms with Crippen LogP contribution in [-0.4, -0.2) is 34.4 Å². The first kappa shape index (κ1) is 18.0. The number of nitrogens with two attached hydrogens (primary N) is 1. The third kappa shape index (κ3) is 4.64. The minimum absolute atomic E-state index is 0.0549. The number of rotatable bonds is 7. The second kappa shape index (κ2) is 8.53. The minimum atomic E-state index is -0.554. The smallest absolute Gasteiger partial charge is 0.250 e. The molecule has 26 heavy (non-hydrogen) atoms. The fourth-order valence-electron chi connectivity index (χ4n) is 3.16. The van der Waals surface area contributed by atoms with Gasteiger partial charge in [0.2, 0.25) is 5.91 Å². The van der Waals surface area contributed by atoms with Crippen LogP contribution < -0.4 is 16.4 Å². The van der Waals surface area contributed by atoms with Crippen molar-refractivity contribution in [2.75, 3.05) is 11.9 Å². The molecule has 0 bridgehead atoms. The van der Waals surface area contributed by atoms with Crippen LogP contribution in [0.3, 0.4) is 0 Å². The lowest BCUT2D eigenvalue weighted by atomic mass is 10.1. The summed E-state index contributed by atoms with van der Waals surface area (Å²) in [6, 6.07) is 7.27. The number of aromatic nitrogens is 2. The fraction of sp³-hybridized carbons (Fsp3) is 0.368. The van der Waals surface area contributed by atoms with E-state index >= 15 is 0 Å². The van der Waals surface area contributed by atoms with E-state index in [1.54, 1.807) is 36.7 Å². The molecule has 7 heteroatoms. The summed E-state index contributed by atoms with van der Waals surface area (Å²) >= 11 is 0. The number of carbonyl (C=O) groups excluding carboxylic acids is 2. The van der Waals surface area contributed by atoms with Gasteiger partial charge in [-0.1, -0.05) is 12.8 Å². The van der Waals surface area contributed by atoms with Crippen LogP contribution in [0.5, 0.6) is 0 Å². The van der Waals surface area contributed by atoms with Crippen molar-refractivity contribution < 1.29 is 9.59 Å². The molecule has 7 nitrogen and oxygen atoms in total. The molecule has 1 aliphatic rings. The van der Waals surface area contributed by atoms with Crippen molar-refractivity contribution in [2.24, 2.45) is 5.73 Å². The van der Waals surface area contributed by atoms with Gasteiger partial charge in [0, 0.05) is 25.2 Å². The van der Waals surface area contributed by atoms with E-state index in [4.69, 9.17) is 5.73 Å². The molecule has 0 aliphatic heterocycles. The van der Waals surface area contributed by atoms with Gasteiger partial charge in [-0.25, -0.2) is 0 Å². The zero-order valence-corrected chi connectivity index (χ0v) is 14.6. The molecule has 2 amide bonds. The summed E-state index contributed by atoms with van der Waals surface area (Å²) in [5.74, 6) is -0.609. The van der Waals surface area contributed by atoms with Crippen molar-refractivity contribution in [1.82, 2.24) is 15.3 Å². The zero-order chi connectivity index (χ0) is 18.4. The highest BCUT2D eigenvalue weighted by Crippen LogP contribution is 2.20. The van der Waals surface area contributed by atoms with Crippen molar-refractivity contribution >= 4 is 17.5 Å². The van der Waals surface area contributed by atoms with Crippen LogP contribution in [0.4, 0.5) is 5.69 Å². The van der Waals surface area contributed by atoms with Crippen LogP contribution >= 0.6 is 0 Å². The monoisotopic (exact) mass is 353 g/mol. The lowest BCUT2D eigenvalue weighted by Gasteiger charge is -2.11. The van der Waals surface area contributed by atoms with Crippen LogP contribution in [0.15, 0.2) is 36.7 Å². The van der Waals surface area contributed by atoms with Gasteiger partial charge in [0.15, 0.2) is 0 Å². The second-order valence-corrected chi connectivity index (χ2v) is 6.43. The van der Waals surface area contributed by atoms with Gasteiger partial charge in [0.05, 0.1) is 23.1 Å². The Hall–Kier alpha value is -2.80. The van der Waals surface area contributed by atoms with Crippen molar-refractivity contribution in [1.29, 1.82) is 0 Å². The summed E-state index contributed by atoms with van der Waals surface area (Å²) in [5.41, 5.74) is 7.25. The second-order valence-electron chi connectivity index (χ2n) is 6.43. The molecule has 0 saturated heterocycles. The normalized spacial score (nSPS) is 14.3. The lowest BCUT2D eigenvalue weighted by Crippen LogP contribution is -2.29. The third-order valence-corrected chi connectivity index (χ3v) is 4.50. The Morgan fingerprint density at radius 1 is 1.15 bits per heavy atom. The summed E-state index contributed by atoms with van der Waals surface area (Å²) in [5, 5.41) is 6.25. The predicted molar refractivity (Wildman–Crippen MR) is 99.5 cm³/mol. The molecule has 1 aliphatic carbocycles. The van der Waals surface area contributed by atoms with Gasteiger partial charge in [-0.15, -0.1) is 0 Å². The van der Waals surface area contributed by atoms with E-state index in [2.05, 4.69) is 20.6 Å². The van der Waals surface area contributed by atoms with Crippen molar-refractivity contribution in [3.63, 3.8) is 0 Å². The predicted octanol–water partition coefficient (Wildman–Crippen LogP) is 2.10. The fourth-order valence-corrected chi connectivity index (χ4v) is 3.16. The maximum absolute atomic E-state index is 12.0. The van der Waals surface area contributed by atoms with Gasteiger partial charge in [-0.3, -0.25) is 19.6 Å². The molecule has 1 saturated carbocycles. The first-order chi connectivity index (χ1) is 12.6.